The first-order valence-corrected chi connectivity index (χ1v) is 12.2. The first-order chi connectivity index (χ1) is 17.2. The number of aliphatic imine (C=N–C) groups is 1. The summed E-state index contributed by atoms with van der Waals surface area (Å²) in [6.07, 6.45) is 3.98. The highest BCUT2D eigenvalue weighted by molar-refractivity contribution is 5.88. The second-order valence-electron chi connectivity index (χ2n) is 9.05. The van der Waals surface area contributed by atoms with Crippen LogP contribution >= 0.6 is 0 Å². The maximum atomic E-state index is 11.0. The molecule has 0 spiro atoms. The van der Waals surface area contributed by atoms with Crippen molar-refractivity contribution in [2.45, 2.75) is 25.4 Å². The van der Waals surface area contributed by atoms with Gasteiger partial charge in [0.2, 0.25) is 0 Å². The number of nitrogens with zero attached hydrogens (tertiary/aromatic N) is 2. The van der Waals surface area contributed by atoms with Crippen LogP contribution in [-0.4, -0.2) is 40.5 Å². The van der Waals surface area contributed by atoms with Gasteiger partial charge in [0.1, 0.15) is 11.5 Å². The van der Waals surface area contributed by atoms with Gasteiger partial charge in [-0.2, -0.15) is 0 Å². The van der Waals surface area contributed by atoms with E-state index in [1.807, 2.05) is 97.1 Å². The minimum atomic E-state index is 0.258. The van der Waals surface area contributed by atoms with Crippen molar-refractivity contribution in [1.82, 2.24) is 4.90 Å². The van der Waals surface area contributed by atoms with Crippen molar-refractivity contribution in [1.29, 1.82) is 0 Å². The lowest BCUT2D eigenvalue weighted by atomic mass is 10.0. The van der Waals surface area contributed by atoms with E-state index in [4.69, 9.17) is 4.99 Å². The van der Waals surface area contributed by atoms with Gasteiger partial charge in [-0.05, 0) is 36.6 Å². The molecule has 0 unspecified atom stereocenters. The number of para-hydroxylation sites is 2. The molecule has 1 fully saturated rings. The van der Waals surface area contributed by atoms with E-state index in [-0.39, 0.29) is 5.75 Å². The molecule has 0 amide bonds. The van der Waals surface area contributed by atoms with Crippen LogP contribution in [0.25, 0.3) is 22.3 Å². The van der Waals surface area contributed by atoms with Crippen LogP contribution in [-0.2, 0) is 6.54 Å². The molecule has 176 valence electrons. The third-order valence-corrected chi connectivity index (χ3v) is 6.78. The molecular weight excluding hydrogens is 432 g/mol. The molecule has 0 aromatic heterocycles. The fourth-order valence-corrected chi connectivity index (χ4v) is 4.89. The van der Waals surface area contributed by atoms with E-state index in [0.717, 1.165) is 52.8 Å². The number of rotatable bonds is 7. The molecule has 1 aliphatic heterocycles. The van der Waals surface area contributed by atoms with Crippen molar-refractivity contribution in [3.8, 4) is 33.8 Å². The molecule has 0 bridgehead atoms. The van der Waals surface area contributed by atoms with Gasteiger partial charge in [-0.1, -0.05) is 91.0 Å². The van der Waals surface area contributed by atoms with Gasteiger partial charge in [0.15, 0.2) is 0 Å². The van der Waals surface area contributed by atoms with Crippen LogP contribution in [0.1, 0.15) is 24.0 Å². The van der Waals surface area contributed by atoms with Crippen LogP contribution in [0.2, 0.25) is 0 Å². The molecule has 0 radical (unpaired) electrons. The van der Waals surface area contributed by atoms with Crippen LogP contribution in [0.5, 0.6) is 11.5 Å². The zero-order chi connectivity index (χ0) is 24.0. The van der Waals surface area contributed by atoms with Gasteiger partial charge < -0.3 is 10.2 Å². The highest BCUT2D eigenvalue weighted by Gasteiger charge is 2.25. The first-order valence-electron chi connectivity index (χ1n) is 12.2. The molecule has 4 aromatic rings. The van der Waals surface area contributed by atoms with E-state index in [2.05, 4.69) is 4.90 Å². The van der Waals surface area contributed by atoms with E-state index >= 15 is 0 Å². The fourth-order valence-electron chi connectivity index (χ4n) is 4.89. The van der Waals surface area contributed by atoms with Crippen molar-refractivity contribution in [3.05, 3.63) is 108 Å². The zero-order valence-corrected chi connectivity index (χ0v) is 19.7. The maximum absolute atomic E-state index is 11.0. The molecule has 4 heteroatoms. The van der Waals surface area contributed by atoms with Crippen molar-refractivity contribution < 1.29 is 10.2 Å². The van der Waals surface area contributed by atoms with Gasteiger partial charge >= 0.3 is 0 Å². The Morgan fingerprint density at radius 1 is 0.743 bits per heavy atom. The van der Waals surface area contributed by atoms with E-state index in [0.29, 0.717) is 24.9 Å². The van der Waals surface area contributed by atoms with Gasteiger partial charge in [0.25, 0.3) is 0 Å². The van der Waals surface area contributed by atoms with Crippen LogP contribution in [0.4, 0.5) is 0 Å². The molecule has 1 heterocycles. The van der Waals surface area contributed by atoms with Crippen LogP contribution in [0.15, 0.2) is 102 Å². The van der Waals surface area contributed by atoms with E-state index in [1.54, 1.807) is 6.21 Å². The number of phenolic OH excluding ortho intramolecular Hbond substituents is 2. The molecule has 1 aliphatic rings. The van der Waals surface area contributed by atoms with E-state index in [1.165, 1.54) is 0 Å². The monoisotopic (exact) mass is 462 g/mol. The Labute approximate surface area is 206 Å². The molecule has 0 saturated carbocycles. The SMILES string of the molecule is Oc1c(C=NC[C@H]2CCCN2Cc2cccc(-c3ccccc3)c2O)cccc1-c1ccccc1. The number of aromatic hydroxyl groups is 2. The zero-order valence-electron chi connectivity index (χ0n) is 19.7. The summed E-state index contributed by atoms with van der Waals surface area (Å²) in [4.78, 5) is 7.11. The second-order valence-corrected chi connectivity index (χ2v) is 9.05. The minimum Gasteiger partial charge on any atom is -0.507 e. The fraction of sp³-hybridized carbons (Fsp3) is 0.194. The lowest BCUT2D eigenvalue weighted by Crippen LogP contribution is -2.31. The first kappa shape index (κ1) is 22.9. The predicted molar refractivity (Wildman–Crippen MR) is 143 cm³/mol. The molecule has 5 rings (SSSR count). The largest absolute Gasteiger partial charge is 0.507 e. The molecule has 4 aromatic carbocycles. The summed E-state index contributed by atoms with van der Waals surface area (Å²) < 4.78 is 0. The summed E-state index contributed by atoms with van der Waals surface area (Å²) >= 11 is 0. The minimum absolute atomic E-state index is 0.258. The summed E-state index contributed by atoms with van der Waals surface area (Å²) in [7, 11) is 0. The normalized spacial score (nSPS) is 16.2. The lowest BCUT2D eigenvalue weighted by molar-refractivity contribution is 0.247. The molecule has 2 N–H and O–H groups in total. The molecule has 1 atom stereocenters. The maximum Gasteiger partial charge on any atom is 0.132 e. The van der Waals surface area contributed by atoms with Crippen molar-refractivity contribution >= 4 is 6.21 Å². The van der Waals surface area contributed by atoms with Crippen molar-refractivity contribution in [2.24, 2.45) is 4.99 Å². The molecule has 0 aliphatic carbocycles. The topological polar surface area (TPSA) is 56.1 Å². The highest BCUT2D eigenvalue weighted by Crippen LogP contribution is 2.34. The number of hydrogen-bond acceptors (Lipinski definition) is 4. The van der Waals surface area contributed by atoms with Crippen molar-refractivity contribution in [2.75, 3.05) is 13.1 Å². The van der Waals surface area contributed by atoms with E-state index in [9.17, 15) is 10.2 Å². The number of hydrogen-bond donors (Lipinski definition) is 2. The van der Waals surface area contributed by atoms with Gasteiger partial charge in [0, 0.05) is 41.1 Å². The number of benzene rings is 4. The summed E-state index contributed by atoms with van der Waals surface area (Å²) in [5.74, 6) is 0.615. The van der Waals surface area contributed by atoms with Gasteiger partial charge in [-0.25, -0.2) is 0 Å². The summed E-state index contributed by atoms with van der Waals surface area (Å²) in [5.41, 5.74) is 5.35. The Bertz CT molecular complexity index is 1300. The Balaban J connectivity index is 1.28. The standard InChI is InChI=1S/C31H30N2O2/c34-30-25(14-7-17-28(30)23-10-3-1-4-11-23)20-32-21-27-16-9-19-33(27)22-26-15-8-18-29(31(26)35)24-12-5-2-6-13-24/h1-8,10-15,17-18,20,27,34-35H,9,16,19,21-22H2/t27-/m1/s1. The van der Waals surface area contributed by atoms with Crippen molar-refractivity contribution in [3.63, 3.8) is 0 Å². The lowest BCUT2D eigenvalue weighted by Gasteiger charge is -2.24. The third-order valence-electron chi connectivity index (χ3n) is 6.78. The summed E-state index contributed by atoms with van der Waals surface area (Å²) in [6, 6.07) is 32.0. The average Bonchev–Trinajstić information content (AvgIpc) is 3.34. The van der Waals surface area contributed by atoms with Crippen LogP contribution < -0.4 is 0 Å². The van der Waals surface area contributed by atoms with Gasteiger partial charge in [-0.15, -0.1) is 0 Å². The Morgan fingerprint density at radius 2 is 1.37 bits per heavy atom. The number of phenols is 2. The summed E-state index contributed by atoms with van der Waals surface area (Å²) in [5, 5.41) is 21.8. The van der Waals surface area contributed by atoms with Gasteiger partial charge in [0.05, 0.1) is 6.54 Å². The van der Waals surface area contributed by atoms with E-state index < -0.39 is 0 Å². The molecular formula is C31H30N2O2. The van der Waals surface area contributed by atoms with Crippen LogP contribution in [0.3, 0.4) is 0 Å². The molecule has 35 heavy (non-hydrogen) atoms. The third kappa shape index (κ3) is 5.13. The Morgan fingerprint density at radius 3 is 2.06 bits per heavy atom. The highest BCUT2D eigenvalue weighted by atomic mass is 16.3. The Hall–Kier alpha value is -3.89. The smallest absolute Gasteiger partial charge is 0.132 e. The Kier molecular flexibility index (Phi) is 6.92. The quantitative estimate of drug-likeness (QED) is 0.308. The second kappa shape index (κ2) is 10.6. The molecule has 1 saturated heterocycles. The average molecular weight is 463 g/mol. The summed E-state index contributed by atoms with van der Waals surface area (Å²) in [6.45, 7) is 2.35. The predicted octanol–water partition coefficient (Wildman–Crippen LogP) is 6.52. The van der Waals surface area contributed by atoms with Crippen LogP contribution in [0, 0.1) is 0 Å². The van der Waals surface area contributed by atoms with Gasteiger partial charge in [-0.3, -0.25) is 9.89 Å². The number of likely N-dealkylation sites (tertiary alicyclic amines) is 1. The molecule has 4 nitrogen and oxygen atoms in total.